The molecule has 0 aliphatic rings. The molecule has 0 rings (SSSR count). The summed E-state index contributed by atoms with van der Waals surface area (Å²) in [7, 11) is 0. The molecule has 0 N–H and O–H groups in total. The summed E-state index contributed by atoms with van der Waals surface area (Å²) in [5.74, 6) is 0. The van der Waals surface area contributed by atoms with Crippen LogP contribution in [0.2, 0.25) is 0 Å². The Kier molecular flexibility index (Phi) is 7.83. The largest absolute Gasteiger partial charge is 1.00 e. The molecule has 0 aliphatic carbocycles. The van der Waals surface area contributed by atoms with E-state index in [4.69, 9.17) is 0 Å². The molecule has 0 aromatic rings. The molecule has 0 fully saturated rings. The van der Waals surface area contributed by atoms with Crippen LogP contribution in [0, 0.1) is 0 Å². The second kappa shape index (κ2) is 6.19. The lowest BCUT2D eigenvalue weighted by atomic mass is 10.1. The van der Waals surface area contributed by atoms with Gasteiger partial charge in [0.2, 0.25) is 0 Å². The first-order valence-corrected chi connectivity index (χ1v) is 4.87. The first-order chi connectivity index (χ1) is 5.01. The summed E-state index contributed by atoms with van der Waals surface area (Å²) in [5, 5.41) is 0. The van der Waals surface area contributed by atoms with Gasteiger partial charge in [-0.1, -0.05) is 0 Å². The second-order valence-corrected chi connectivity index (χ2v) is 3.92. The molecule has 0 unspecified atom stereocenters. The van der Waals surface area contributed by atoms with E-state index < -0.39 is 0 Å². The number of quaternary nitrogens is 1. The van der Waals surface area contributed by atoms with Crippen molar-refractivity contribution in [3.63, 3.8) is 0 Å². The zero-order chi connectivity index (χ0) is 9.07. The maximum atomic E-state index is 2.33. The Morgan fingerprint density at radius 1 is 0.833 bits per heavy atom. The first kappa shape index (κ1) is 15.2. The molecule has 0 aliphatic heterocycles. The van der Waals surface area contributed by atoms with E-state index >= 15 is 0 Å². The minimum atomic E-state index is 0. The van der Waals surface area contributed by atoms with Crippen molar-refractivity contribution in [2.45, 2.75) is 53.6 Å². The molecule has 0 heterocycles. The van der Waals surface area contributed by atoms with Crippen LogP contribution >= 0.6 is 0 Å². The van der Waals surface area contributed by atoms with Gasteiger partial charge in [0.05, 0.1) is 25.2 Å². The molecule has 12 heavy (non-hydrogen) atoms. The van der Waals surface area contributed by atoms with Crippen LogP contribution in [0.3, 0.4) is 0 Å². The van der Waals surface area contributed by atoms with Crippen molar-refractivity contribution in [3.8, 4) is 0 Å². The first-order valence-electron chi connectivity index (χ1n) is 4.87. The zero-order valence-corrected chi connectivity index (χ0v) is 11.6. The van der Waals surface area contributed by atoms with E-state index in [1.54, 1.807) is 0 Å². The van der Waals surface area contributed by atoms with Gasteiger partial charge in [0.25, 0.3) is 0 Å². The maximum absolute atomic E-state index is 2.33. The lowest BCUT2D eigenvalue weighted by Gasteiger charge is -2.44. The Morgan fingerprint density at radius 3 is 1.08 bits per heavy atom. The predicted octanol–water partition coefficient (Wildman–Crippen LogP) is -0.336. The van der Waals surface area contributed by atoms with Crippen LogP contribution in [0.4, 0.5) is 0 Å². The van der Waals surface area contributed by atoms with Gasteiger partial charge < -0.3 is 28.5 Å². The molecule has 76 valence electrons. The maximum Gasteiger partial charge on any atom is 0.0835 e. The second-order valence-electron chi connectivity index (χ2n) is 3.92. The summed E-state index contributed by atoms with van der Waals surface area (Å²) >= 11 is 0. The van der Waals surface area contributed by atoms with Gasteiger partial charge in [0.1, 0.15) is 0 Å². The fourth-order valence-corrected chi connectivity index (χ4v) is 2.28. The Bertz CT molecular complexity index is 96.4. The molecule has 0 atom stereocenters. The third kappa shape index (κ3) is 2.87. The van der Waals surface area contributed by atoms with Crippen LogP contribution in [0.25, 0.3) is 0 Å². The monoisotopic (exact) mass is 285 g/mol. The normalized spacial score (nSPS) is 12.0. The highest BCUT2D eigenvalue weighted by atomic mass is 127. The number of nitrogens with zero attached hydrogens (tertiary/aromatic N) is 1. The summed E-state index contributed by atoms with van der Waals surface area (Å²) < 4.78 is 1.25. The molecule has 0 aromatic carbocycles. The van der Waals surface area contributed by atoms with Crippen LogP contribution in [0.15, 0.2) is 0 Å². The van der Waals surface area contributed by atoms with E-state index in [1.807, 2.05) is 0 Å². The molecule has 2 heteroatoms. The standard InChI is InChI=1S/C10H24N.HI/c1-7-11(8-2,9(3)4)10(5)6;/h9-10H,7-8H2,1-6H3;1H/q+1;/p-1. The number of hydrogen-bond acceptors (Lipinski definition) is 0. The smallest absolute Gasteiger partial charge is 0.0835 e. The predicted molar refractivity (Wildman–Crippen MR) is 51.6 cm³/mol. The van der Waals surface area contributed by atoms with Crippen LogP contribution in [-0.2, 0) is 0 Å². The minimum Gasteiger partial charge on any atom is -1.00 e. The number of hydrogen-bond donors (Lipinski definition) is 0. The van der Waals surface area contributed by atoms with Crippen molar-refractivity contribution >= 4 is 0 Å². The van der Waals surface area contributed by atoms with Crippen molar-refractivity contribution in [1.29, 1.82) is 0 Å². The van der Waals surface area contributed by atoms with Crippen LogP contribution in [0.5, 0.6) is 0 Å². The average molecular weight is 285 g/mol. The van der Waals surface area contributed by atoms with E-state index in [9.17, 15) is 0 Å². The molecule has 0 bridgehead atoms. The van der Waals surface area contributed by atoms with Crippen molar-refractivity contribution in [2.75, 3.05) is 13.1 Å². The zero-order valence-electron chi connectivity index (χ0n) is 9.39. The molecule has 0 spiro atoms. The van der Waals surface area contributed by atoms with E-state index in [-0.39, 0.29) is 24.0 Å². The Hall–Kier alpha value is 0.690. The van der Waals surface area contributed by atoms with Crippen molar-refractivity contribution in [2.24, 2.45) is 0 Å². The van der Waals surface area contributed by atoms with Gasteiger partial charge in [0, 0.05) is 0 Å². The van der Waals surface area contributed by atoms with Gasteiger partial charge >= 0.3 is 0 Å². The lowest BCUT2D eigenvalue weighted by Crippen LogP contribution is -3.00. The van der Waals surface area contributed by atoms with Gasteiger partial charge in [-0.2, -0.15) is 0 Å². The van der Waals surface area contributed by atoms with E-state index in [2.05, 4.69) is 41.5 Å². The summed E-state index contributed by atoms with van der Waals surface area (Å²) in [6.07, 6.45) is 0. The van der Waals surface area contributed by atoms with Gasteiger partial charge in [-0.3, -0.25) is 0 Å². The quantitative estimate of drug-likeness (QED) is 0.490. The third-order valence-corrected chi connectivity index (χ3v) is 3.23. The fourth-order valence-electron chi connectivity index (χ4n) is 2.28. The molecule has 0 amide bonds. The van der Waals surface area contributed by atoms with Crippen LogP contribution < -0.4 is 24.0 Å². The number of halogens is 1. The van der Waals surface area contributed by atoms with Crippen LogP contribution in [-0.4, -0.2) is 29.7 Å². The van der Waals surface area contributed by atoms with Gasteiger partial charge in [-0.05, 0) is 41.5 Å². The molecule has 0 radical (unpaired) electrons. The molecule has 1 nitrogen and oxygen atoms in total. The third-order valence-electron chi connectivity index (χ3n) is 3.23. The van der Waals surface area contributed by atoms with Crippen molar-refractivity contribution in [3.05, 3.63) is 0 Å². The SMILES string of the molecule is CC[N+](CC)(C(C)C)C(C)C.[I-]. The van der Waals surface area contributed by atoms with Crippen LogP contribution in [0.1, 0.15) is 41.5 Å². The summed E-state index contributed by atoms with van der Waals surface area (Å²) in [6, 6.07) is 1.51. The van der Waals surface area contributed by atoms with Gasteiger partial charge in [0.15, 0.2) is 0 Å². The Balaban J connectivity index is 0. The molecule has 0 aromatic heterocycles. The van der Waals surface area contributed by atoms with E-state index in [1.165, 1.54) is 17.6 Å². The highest BCUT2D eigenvalue weighted by Gasteiger charge is 2.30. The summed E-state index contributed by atoms with van der Waals surface area (Å²) in [6.45, 7) is 16.4. The highest BCUT2D eigenvalue weighted by Crippen LogP contribution is 2.17. The average Bonchev–Trinajstić information content (AvgIpc) is 1.90. The minimum absolute atomic E-state index is 0. The van der Waals surface area contributed by atoms with Gasteiger partial charge in [-0.15, -0.1) is 0 Å². The molecule has 0 saturated carbocycles. The van der Waals surface area contributed by atoms with Crippen molar-refractivity contribution in [1.82, 2.24) is 0 Å². The molecule has 0 saturated heterocycles. The van der Waals surface area contributed by atoms with E-state index in [0.717, 1.165) is 12.1 Å². The topological polar surface area (TPSA) is 0 Å². The van der Waals surface area contributed by atoms with Gasteiger partial charge in [-0.25, -0.2) is 0 Å². The summed E-state index contributed by atoms with van der Waals surface area (Å²) in [5.41, 5.74) is 0. The summed E-state index contributed by atoms with van der Waals surface area (Å²) in [4.78, 5) is 0. The fraction of sp³-hybridized carbons (Fsp3) is 1.00. The number of rotatable bonds is 4. The van der Waals surface area contributed by atoms with E-state index in [0.29, 0.717) is 0 Å². The van der Waals surface area contributed by atoms with Crippen molar-refractivity contribution < 1.29 is 28.5 Å². The highest BCUT2D eigenvalue weighted by molar-refractivity contribution is 4.50. The lowest BCUT2D eigenvalue weighted by molar-refractivity contribution is -0.963. The molecular weight excluding hydrogens is 261 g/mol. The molecular formula is C10H24IN. The Morgan fingerprint density at radius 2 is 1.08 bits per heavy atom. The Labute approximate surface area is 95.1 Å².